The highest BCUT2D eigenvalue weighted by Gasteiger charge is 2.47. The zero-order valence-corrected chi connectivity index (χ0v) is 22.8. The van der Waals surface area contributed by atoms with Crippen LogP contribution in [0, 0.1) is 18.3 Å². The Kier molecular flexibility index (Phi) is 10.7. The Balaban J connectivity index is 1.87. The highest BCUT2D eigenvalue weighted by Crippen LogP contribution is 2.43. The molecule has 1 heterocycles. The minimum atomic E-state index is -1.22. The van der Waals surface area contributed by atoms with E-state index in [0.717, 1.165) is 29.8 Å². The molecule has 1 aromatic carbocycles. The smallest absolute Gasteiger partial charge is 0.249 e. The number of hydrogen-bond acceptors (Lipinski definition) is 6. The Bertz CT molecular complexity index is 1110. The van der Waals surface area contributed by atoms with Crippen molar-refractivity contribution in [3.05, 3.63) is 83.5 Å². The van der Waals surface area contributed by atoms with Crippen LogP contribution in [0.4, 0.5) is 0 Å². The summed E-state index contributed by atoms with van der Waals surface area (Å²) < 4.78 is 0. The summed E-state index contributed by atoms with van der Waals surface area (Å²) in [4.78, 5) is 37.1. The molecule has 3 atom stereocenters. The number of aliphatic hydroxyl groups excluding tert-OH is 1. The number of hydrogen-bond donors (Lipinski definition) is 3. The lowest BCUT2D eigenvalue weighted by Gasteiger charge is -2.41. The SMILES string of the molecule is CCCN(CCC)C(=O)C1=CC=CC(C(N)=O)([C@H](Cc2ccccc2)[C@@H](O)CNCc2cnc(C)cn2)C1. The van der Waals surface area contributed by atoms with Gasteiger partial charge in [0.15, 0.2) is 0 Å². The van der Waals surface area contributed by atoms with E-state index in [1.165, 1.54) is 0 Å². The van der Waals surface area contributed by atoms with Crippen LogP contribution >= 0.6 is 0 Å². The fraction of sp³-hybridized carbons (Fsp3) is 0.467. The molecule has 0 aliphatic heterocycles. The van der Waals surface area contributed by atoms with E-state index in [1.54, 1.807) is 30.6 Å². The Labute approximate surface area is 226 Å². The third kappa shape index (κ3) is 7.36. The molecule has 0 radical (unpaired) electrons. The molecule has 0 fully saturated rings. The number of benzene rings is 1. The van der Waals surface area contributed by atoms with E-state index < -0.39 is 23.3 Å². The number of amides is 2. The molecule has 1 aliphatic rings. The van der Waals surface area contributed by atoms with Crippen LogP contribution in [0.3, 0.4) is 0 Å². The molecule has 204 valence electrons. The van der Waals surface area contributed by atoms with Crippen LogP contribution in [0.2, 0.25) is 0 Å². The Morgan fingerprint density at radius 3 is 2.45 bits per heavy atom. The second-order valence-corrected chi connectivity index (χ2v) is 10.1. The van der Waals surface area contributed by atoms with Gasteiger partial charge in [-0.2, -0.15) is 0 Å². The predicted molar refractivity (Wildman–Crippen MR) is 149 cm³/mol. The minimum Gasteiger partial charge on any atom is -0.391 e. The van der Waals surface area contributed by atoms with Crippen LogP contribution in [-0.4, -0.2) is 57.5 Å². The van der Waals surface area contributed by atoms with Gasteiger partial charge in [0.05, 0.1) is 22.9 Å². The molecule has 0 bridgehead atoms. The van der Waals surface area contributed by atoms with E-state index in [0.29, 0.717) is 31.6 Å². The molecule has 1 unspecified atom stereocenters. The summed E-state index contributed by atoms with van der Waals surface area (Å²) in [5.74, 6) is -1.18. The molecule has 38 heavy (non-hydrogen) atoms. The van der Waals surface area contributed by atoms with Crippen molar-refractivity contribution in [1.82, 2.24) is 20.2 Å². The van der Waals surface area contributed by atoms with Crippen molar-refractivity contribution in [1.29, 1.82) is 0 Å². The summed E-state index contributed by atoms with van der Waals surface area (Å²) in [7, 11) is 0. The molecule has 2 amide bonds. The first-order chi connectivity index (χ1) is 18.3. The van der Waals surface area contributed by atoms with E-state index in [2.05, 4.69) is 15.3 Å². The van der Waals surface area contributed by atoms with Crippen molar-refractivity contribution >= 4 is 11.8 Å². The molecular formula is C30H41N5O3. The van der Waals surface area contributed by atoms with Gasteiger partial charge in [-0.05, 0) is 38.2 Å². The number of aromatic nitrogens is 2. The van der Waals surface area contributed by atoms with Gasteiger partial charge in [0, 0.05) is 50.1 Å². The molecule has 1 aromatic heterocycles. The van der Waals surface area contributed by atoms with Crippen molar-refractivity contribution < 1.29 is 14.7 Å². The van der Waals surface area contributed by atoms with Crippen LogP contribution in [0.1, 0.15) is 50.1 Å². The number of primary amides is 1. The second-order valence-electron chi connectivity index (χ2n) is 10.1. The van der Waals surface area contributed by atoms with Crippen LogP contribution < -0.4 is 11.1 Å². The first-order valence-corrected chi connectivity index (χ1v) is 13.5. The minimum absolute atomic E-state index is 0.0762. The Morgan fingerprint density at radius 1 is 1.13 bits per heavy atom. The van der Waals surface area contributed by atoms with Crippen LogP contribution in [0.25, 0.3) is 0 Å². The van der Waals surface area contributed by atoms with Gasteiger partial charge >= 0.3 is 0 Å². The lowest BCUT2D eigenvalue weighted by atomic mass is 9.64. The summed E-state index contributed by atoms with van der Waals surface area (Å²) in [5, 5.41) is 14.8. The number of carbonyl (C=O) groups is 2. The first-order valence-electron chi connectivity index (χ1n) is 13.5. The standard InChI is InChI=1S/C30H41N5O3/c1-4-14-35(15-5-2)28(37)24-12-9-13-30(17-24,29(31)38)26(16-23-10-7-6-8-11-23)27(36)21-32-19-25-20-33-22(3)18-34-25/h6-13,18,20,26-27,32,36H,4-5,14-17,19,21H2,1-3H3,(H2,31,38)/t26-,27+,30?/m1/s1. The molecule has 0 saturated heterocycles. The monoisotopic (exact) mass is 519 g/mol. The van der Waals surface area contributed by atoms with Gasteiger partial charge in [-0.25, -0.2) is 0 Å². The summed E-state index contributed by atoms with van der Waals surface area (Å²) in [6.07, 6.45) is 10.1. The second kappa shape index (κ2) is 14.0. The zero-order valence-electron chi connectivity index (χ0n) is 22.8. The van der Waals surface area contributed by atoms with Crippen molar-refractivity contribution in [3.8, 4) is 0 Å². The van der Waals surface area contributed by atoms with Gasteiger partial charge in [-0.15, -0.1) is 0 Å². The summed E-state index contributed by atoms with van der Waals surface area (Å²) in [6, 6.07) is 9.75. The van der Waals surface area contributed by atoms with E-state index in [-0.39, 0.29) is 18.9 Å². The Morgan fingerprint density at radius 2 is 1.84 bits per heavy atom. The lowest BCUT2D eigenvalue weighted by molar-refractivity contribution is -0.132. The normalized spacial score (nSPS) is 18.5. The maximum atomic E-state index is 13.5. The van der Waals surface area contributed by atoms with E-state index >= 15 is 0 Å². The number of nitrogens with zero attached hydrogens (tertiary/aromatic N) is 3. The van der Waals surface area contributed by atoms with Crippen molar-refractivity contribution in [2.75, 3.05) is 19.6 Å². The number of rotatable bonds is 14. The highest BCUT2D eigenvalue weighted by molar-refractivity contribution is 5.96. The van der Waals surface area contributed by atoms with Gasteiger partial charge in [0.1, 0.15) is 0 Å². The number of aryl methyl sites for hydroxylation is 1. The molecular weight excluding hydrogens is 478 g/mol. The molecule has 0 spiro atoms. The molecule has 2 aromatic rings. The van der Waals surface area contributed by atoms with E-state index in [9.17, 15) is 14.7 Å². The van der Waals surface area contributed by atoms with Gasteiger partial charge < -0.3 is 21.1 Å². The molecule has 0 saturated carbocycles. The topological polar surface area (TPSA) is 121 Å². The molecule has 3 rings (SSSR count). The zero-order chi connectivity index (χ0) is 27.5. The van der Waals surface area contributed by atoms with Crippen molar-refractivity contribution in [2.45, 2.75) is 59.1 Å². The number of carbonyl (C=O) groups excluding carboxylic acids is 2. The first kappa shape index (κ1) is 29.2. The van der Waals surface area contributed by atoms with Crippen molar-refractivity contribution in [3.63, 3.8) is 0 Å². The molecule has 1 aliphatic carbocycles. The summed E-state index contributed by atoms with van der Waals surface area (Å²) in [5.41, 5.74) is 7.99. The summed E-state index contributed by atoms with van der Waals surface area (Å²) in [6.45, 7) is 7.91. The van der Waals surface area contributed by atoms with Crippen LogP contribution in [0.15, 0.2) is 66.5 Å². The van der Waals surface area contributed by atoms with Crippen LogP contribution in [0.5, 0.6) is 0 Å². The predicted octanol–water partition coefficient (Wildman–Crippen LogP) is 3.10. The molecule has 8 heteroatoms. The maximum Gasteiger partial charge on any atom is 0.249 e. The van der Waals surface area contributed by atoms with Crippen molar-refractivity contribution in [2.24, 2.45) is 17.1 Å². The quantitative estimate of drug-likeness (QED) is 0.353. The largest absolute Gasteiger partial charge is 0.391 e. The summed E-state index contributed by atoms with van der Waals surface area (Å²) >= 11 is 0. The Hall–Kier alpha value is -3.36. The van der Waals surface area contributed by atoms with Gasteiger partial charge in [-0.3, -0.25) is 19.6 Å². The number of nitrogens with two attached hydrogens (primary N) is 1. The lowest BCUT2D eigenvalue weighted by Crippen LogP contribution is -2.51. The number of allylic oxidation sites excluding steroid dienone is 2. The third-order valence-electron chi connectivity index (χ3n) is 7.10. The molecule has 4 N–H and O–H groups in total. The van der Waals surface area contributed by atoms with Crippen LogP contribution in [-0.2, 0) is 22.6 Å². The highest BCUT2D eigenvalue weighted by atomic mass is 16.3. The average molecular weight is 520 g/mol. The van der Waals surface area contributed by atoms with Gasteiger partial charge in [0.25, 0.3) is 0 Å². The molecule has 8 nitrogen and oxygen atoms in total. The average Bonchev–Trinajstić information content (AvgIpc) is 2.92. The van der Waals surface area contributed by atoms with Gasteiger partial charge in [0.2, 0.25) is 11.8 Å². The fourth-order valence-electron chi connectivity index (χ4n) is 5.11. The van der Waals surface area contributed by atoms with Gasteiger partial charge in [-0.1, -0.05) is 62.4 Å². The third-order valence-corrected chi connectivity index (χ3v) is 7.10. The van der Waals surface area contributed by atoms with E-state index in [1.807, 2.05) is 56.0 Å². The van der Waals surface area contributed by atoms with E-state index in [4.69, 9.17) is 5.73 Å². The fourth-order valence-corrected chi connectivity index (χ4v) is 5.11. The maximum absolute atomic E-state index is 13.5. The number of nitrogens with one attached hydrogen (secondary N) is 1. The number of aliphatic hydroxyl groups is 1.